The van der Waals surface area contributed by atoms with E-state index in [0.717, 1.165) is 50.3 Å². The maximum atomic E-state index is 11.8. The zero-order valence-corrected chi connectivity index (χ0v) is 11.3. The third-order valence-electron chi connectivity index (χ3n) is 3.87. The Balaban J connectivity index is 1.64. The topological polar surface area (TPSA) is 58.1 Å². The van der Waals surface area contributed by atoms with E-state index in [1.165, 1.54) is 0 Å². The lowest BCUT2D eigenvalue weighted by Gasteiger charge is -2.34. The van der Waals surface area contributed by atoms with E-state index in [-0.39, 0.29) is 17.9 Å². The predicted octanol–water partition coefficient (Wildman–Crippen LogP) is 1.28. The molecular formula is C14H20N4O. The first-order chi connectivity index (χ1) is 9.24. The van der Waals surface area contributed by atoms with Gasteiger partial charge in [-0.2, -0.15) is 0 Å². The molecule has 1 aliphatic heterocycles. The molecule has 0 radical (unpaired) electrons. The average molecular weight is 260 g/mol. The highest BCUT2D eigenvalue weighted by Crippen LogP contribution is 2.29. The van der Waals surface area contributed by atoms with Gasteiger partial charge >= 0.3 is 0 Å². The zero-order chi connectivity index (χ0) is 13.2. The fraction of sp³-hybridized carbons (Fsp3) is 0.643. The minimum Gasteiger partial charge on any atom is -0.353 e. The first kappa shape index (κ1) is 12.4. The summed E-state index contributed by atoms with van der Waals surface area (Å²) >= 11 is 0. The molecule has 1 aliphatic carbocycles. The van der Waals surface area contributed by atoms with E-state index in [1.807, 2.05) is 6.92 Å². The number of nitrogens with zero attached hydrogens (tertiary/aromatic N) is 3. The molecule has 0 bridgehead atoms. The van der Waals surface area contributed by atoms with Crippen LogP contribution < -0.4 is 10.2 Å². The van der Waals surface area contributed by atoms with Crippen molar-refractivity contribution in [2.75, 3.05) is 18.0 Å². The molecule has 2 heterocycles. The Bertz CT molecular complexity index is 472. The minimum atomic E-state index is 0.239. The van der Waals surface area contributed by atoms with Crippen LogP contribution in [-0.4, -0.2) is 35.0 Å². The summed E-state index contributed by atoms with van der Waals surface area (Å²) in [5.74, 6) is 1.48. The number of aryl methyl sites for hydroxylation is 1. The Morgan fingerprint density at radius 1 is 1.32 bits per heavy atom. The normalized spacial score (nSPS) is 23.2. The van der Waals surface area contributed by atoms with Crippen molar-refractivity contribution in [3.63, 3.8) is 0 Å². The number of hydrogen-bond acceptors (Lipinski definition) is 4. The molecule has 0 spiro atoms. The molecule has 2 fully saturated rings. The van der Waals surface area contributed by atoms with Crippen molar-refractivity contribution in [3.05, 3.63) is 18.1 Å². The van der Waals surface area contributed by atoms with E-state index in [9.17, 15) is 4.79 Å². The van der Waals surface area contributed by atoms with Crippen molar-refractivity contribution >= 4 is 11.7 Å². The molecule has 1 aromatic rings. The molecule has 1 saturated carbocycles. The van der Waals surface area contributed by atoms with Gasteiger partial charge in [0, 0.05) is 37.4 Å². The lowest BCUT2D eigenvalue weighted by molar-refractivity contribution is -0.123. The SMILES string of the molecule is Cc1nccnc1N1CCCC(NC(=O)C2CC2)C1. The van der Waals surface area contributed by atoms with Crippen LogP contribution in [0.25, 0.3) is 0 Å². The van der Waals surface area contributed by atoms with Gasteiger partial charge in [0.2, 0.25) is 5.91 Å². The van der Waals surface area contributed by atoms with Crippen molar-refractivity contribution in [2.24, 2.45) is 5.92 Å². The molecule has 1 unspecified atom stereocenters. The van der Waals surface area contributed by atoms with Gasteiger partial charge in [0.05, 0.1) is 5.69 Å². The molecule has 19 heavy (non-hydrogen) atoms. The lowest BCUT2D eigenvalue weighted by atomic mass is 10.1. The Morgan fingerprint density at radius 2 is 2.11 bits per heavy atom. The van der Waals surface area contributed by atoms with Crippen molar-refractivity contribution in [1.29, 1.82) is 0 Å². The monoisotopic (exact) mass is 260 g/mol. The summed E-state index contributed by atoms with van der Waals surface area (Å²) in [5.41, 5.74) is 0.955. The van der Waals surface area contributed by atoms with E-state index < -0.39 is 0 Å². The van der Waals surface area contributed by atoms with Crippen LogP contribution in [0.2, 0.25) is 0 Å². The number of nitrogens with one attached hydrogen (secondary N) is 1. The maximum Gasteiger partial charge on any atom is 0.223 e. The van der Waals surface area contributed by atoms with E-state index in [2.05, 4.69) is 20.2 Å². The van der Waals surface area contributed by atoms with Crippen molar-refractivity contribution in [1.82, 2.24) is 15.3 Å². The third kappa shape index (κ3) is 2.85. The second-order valence-electron chi connectivity index (χ2n) is 5.53. The lowest BCUT2D eigenvalue weighted by Crippen LogP contribution is -2.48. The average Bonchev–Trinajstić information content (AvgIpc) is 3.24. The Labute approximate surface area is 113 Å². The molecular weight excluding hydrogens is 240 g/mol. The summed E-state index contributed by atoms with van der Waals surface area (Å²) in [4.78, 5) is 22.8. The summed E-state index contributed by atoms with van der Waals surface area (Å²) in [5, 5.41) is 3.17. The fourth-order valence-electron chi connectivity index (χ4n) is 2.66. The van der Waals surface area contributed by atoms with Crippen molar-refractivity contribution < 1.29 is 4.79 Å². The van der Waals surface area contributed by atoms with Gasteiger partial charge < -0.3 is 10.2 Å². The Kier molecular flexibility index (Phi) is 3.36. The van der Waals surface area contributed by atoms with Crippen LogP contribution in [0.15, 0.2) is 12.4 Å². The first-order valence-corrected chi connectivity index (χ1v) is 7.07. The second kappa shape index (κ2) is 5.15. The number of aromatic nitrogens is 2. The van der Waals surface area contributed by atoms with E-state index in [0.29, 0.717) is 0 Å². The van der Waals surface area contributed by atoms with Crippen LogP contribution in [0, 0.1) is 12.8 Å². The molecule has 1 atom stereocenters. The van der Waals surface area contributed by atoms with Crippen LogP contribution in [0.5, 0.6) is 0 Å². The smallest absolute Gasteiger partial charge is 0.223 e. The minimum absolute atomic E-state index is 0.239. The van der Waals surface area contributed by atoms with Gasteiger partial charge in [-0.1, -0.05) is 0 Å². The van der Waals surface area contributed by atoms with Crippen LogP contribution in [0.1, 0.15) is 31.4 Å². The third-order valence-corrected chi connectivity index (χ3v) is 3.87. The van der Waals surface area contributed by atoms with Gasteiger partial charge in [-0.3, -0.25) is 9.78 Å². The summed E-state index contributed by atoms with van der Waals surface area (Å²) in [6, 6.07) is 0.253. The van der Waals surface area contributed by atoms with Gasteiger partial charge in [-0.25, -0.2) is 4.98 Å². The van der Waals surface area contributed by atoms with E-state index in [4.69, 9.17) is 0 Å². The second-order valence-corrected chi connectivity index (χ2v) is 5.53. The number of rotatable bonds is 3. The molecule has 1 N–H and O–H groups in total. The molecule has 1 aromatic heterocycles. The summed E-state index contributed by atoms with van der Waals surface area (Å²) in [6.07, 6.45) is 7.72. The van der Waals surface area contributed by atoms with Crippen LogP contribution in [-0.2, 0) is 4.79 Å². The summed E-state index contributed by atoms with van der Waals surface area (Å²) in [7, 11) is 0. The highest BCUT2D eigenvalue weighted by molar-refractivity contribution is 5.81. The van der Waals surface area contributed by atoms with E-state index in [1.54, 1.807) is 12.4 Å². The van der Waals surface area contributed by atoms with Crippen LogP contribution in [0.4, 0.5) is 5.82 Å². The van der Waals surface area contributed by atoms with Gasteiger partial charge in [0.15, 0.2) is 0 Å². The number of hydrogen-bond donors (Lipinski definition) is 1. The van der Waals surface area contributed by atoms with Crippen molar-refractivity contribution in [2.45, 2.75) is 38.6 Å². The Morgan fingerprint density at radius 3 is 2.84 bits per heavy atom. The number of carbonyl (C=O) groups excluding carboxylic acids is 1. The highest BCUT2D eigenvalue weighted by Gasteiger charge is 2.32. The predicted molar refractivity (Wildman–Crippen MR) is 72.9 cm³/mol. The summed E-state index contributed by atoms with van der Waals surface area (Å²) in [6.45, 7) is 3.82. The standard InChI is InChI=1S/C14H20N4O/c1-10-13(16-7-6-15-10)18-8-2-3-12(9-18)17-14(19)11-4-5-11/h6-7,11-12H,2-5,8-9H2,1H3,(H,17,19). The van der Waals surface area contributed by atoms with Crippen LogP contribution in [0.3, 0.4) is 0 Å². The zero-order valence-electron chi connectivity index (χ0n) is 11.3. The van der Waals surface area contributed by atoms with Crippen LogP contribution >= 0.6 is 0 Å². The van der Waals surface area contributed by atoms with Gasteiger partial charge in [0.1, 0.15) is 5.82 Å². The quantitative estimate of drug-likeness (QED) is 0.889. The largest absolute Gasteiger partial charge is 0.353 e. The molecule has 5 heteroatoms. The van der Waals surface area contributed by atoms with Gasteiger partial charge in [0.25, 0.3) is 0 Å². The number of carbonyl (C=O) groups is 1. The fourth-order valence-corrected chi connectivity index (χ4v) is 2.66. The van der Waals surface area contributed by atoms with Gasteiger partial charge in [-0.15, -0.1) is 0 Å². The van der Waals surface area contributed by atoms with E-state index >= 15 is 0 Å². The first-order valence-electron chi connectivity index (χ1n) is 7.07. The summed E-state index contributed by atoms with van der Waals surface area (Å²) < 4.78 is 0. The van der Waals surface area contributed by atoms with Crippen molar-refractivity contribution in [3.8, 4) is 0 Å². The number of piperidine rings is 1. The molecule has 1 amide bonds. The maximum absolute atomic E-state index is 11.8. The highest BCUT2D eigenvalue weighted by atomic mass is 16.2. The Hall–Kier alpha value is -1.65. The number of anilines is 1. The number of amides is 1. The molecule has 0 aromatic carbocycles. The molecule has 102 valence electrons. The van der Waals surface area contributed by atoms with Gasteiger partial charge in [-0.05, 0) is 32.6 Å². The molecule has 1 saturated heterocycles. The molecule has 2 aliphatic rings. The molecule has 5 nitrogen and oxygen atoms in total. The molecule has 3 rings (SSSR count).